The van der Waals surface area contributed by atoms with Crippen molar-refractivity contribution in [3.05, 3.63) is 46.8 Å². The summed E-state index contributed by atoms with van der Waals surface area (Å²) in [6.45, 7) is 7.19. The van der Waals surface area contributed by atoms with E-state index in [1.54, 1.807) is 0 Å². The zero-order valence-corrected chi connectivity index (χ0v) is 18.6. The fourth-order valence-corrected chi connectivity index (χ4v) is 4.89. The van der Waals surface area contributed by atoms with Crippen LogP contribution in [0.2, 0.25) is 0 Å². The van der Waals surface area contributed by atoms with E-state index in [2.05, 4.69) is 23.1 Å². The summed E-state index contributed by atoms with van der Waals surface area (Å²) >= 11 is 0. The first kappa shape index (κ1) is 22.3. The van der Waals surface area contributed by atoms with E-state index in [4.69, 9.17) is 0 Å². The summed E-state index contributed by atoms with van der Waals surface area (Å²) in [5.74, 6) is 0. The summed E-state index contributed by atoms with van der Waals surface area (Å²) in [6, 6.07) is 0.411. The molecule has 8 nitrogen and oxygen atoms in total. The summed E-state index contributed by atoms with van der Waals surface area (Å²) in [4.78, 5) is 12.6. The summed E-state index contributed by atoms with van der Waals surface area (Å²) in [7, 11) is -2.67. The van der Waals surface area contributed by atoms with Crippen molar-refractivity contribution in [2.24, 2.45) is 7.05 Å². The lowest BCUT2D eigenvalue weighted by Gasteiger charge is -2.17. The van der Waals surface area contributed by atoms with E-state index in [9.17, 15) is 18.3 Å². The van der Waals surface area contributed by atoms with Gasteiger partial charge in [0.2, 0.25) is 0 Å². The third-order valence-corrected chi connectivity index (χ3v) is 6.67. The Kier molecular flexibility index (Phi) is 6.24. The highest BCUT2D eigenvalue weighted by atomic mass is 32.2. The molecule has 1 fully saturated rings. The number of aliphatic hydroxyl groups is 1. The summed E-state index contributed by atoms with van der Waals surface area (Å²) in [5.41, 5.74) is 2.76. The van der Waals surface area contributed by atoms with Crippen LogP contribution in [-0.2, 0) is 22.7 Å². The number of nitrogens with one attached hydrogen (secondary N) is 2. The molecule has 3 rings (SSSR count). The van der Waals surface area contributed by atoms with Crippen molar-refractivity contribution in [3.63, 3.8) is 0 Å². The van der Waals surface area contributed by atoms with Crippen molar-refractivity contribution in [1.29, 1.82) is 0 Å². The molecular formula is C21H30N4O4S. The predicted molar refractivity (Wildman–Crippen MR) is 114 cm³/mol. The predicted octanol–water partition coefficient (Wildman–Crippen LogP) is 3.13. The number of aryl methyl sites for hydroxylation is 1. The van der Waals surface area contributed by atoms with Gasteiger partial charge in [-0.15, -0.1) is 0 Å². The molecule has 164 valence electrons. The number of sulfonamides is 1. The fraction of sp³-hybridized carbons (Fsp3) is 0.524. The van der Waals surface area contributed by atoms with Gasteiger partial charge in [-0.3, -0.25) is 4.68 Å². The Hall–Kier alpha value is -2.39. The number of hydrogen-bond acceptors (Lipinski definition) is 5. The van der Waals surface area contributed by atoms with Crippen LogP contribution in [-0.4, -0.2) is 29.3 Å². The van der Waals surface area contributed by atoms with Gasteiger partial charge in [-0.25, -0.2) is 9.52 Å². The number of fused-ring (bicyclic) bond motifs is 1. The number of aromatic nitrogens is 2. The highest BCUT2D eigenvalue weighted by Gasteiger charge is 2.29. The molecule has 0 aromatic carbocycles. The van der Waals surface area contributed by atoms with Gasteiger partial charge in [0.05, 0.1) is 5.69 Å². The van der Waals surface area contributed by atoms with Gasteiger partial charge < -0.3 is 10.4 Å². The maximum absolute atomic E-state index is 12.7. The van der Waals surface area contributed by atoms with Gasteiger partial charge in [0.1, 0.15) is 5.60 Å². The van der Waals surface area contributed by atoms with Crippen LogP contribution >= 0.6 is 0 Å². The third-order valence-electron chi connectivity index (χ3n) is 5.46. The third kappa shape index (κ3) is 4.84. The van der Waals surface area contributed by atoms with E-state index in [1.165, 1.54) is 37.2 Å². The molecule has 2 amide bonds. The van der Waals surface area contributed by atoms with Crippen LogP contribution < -0.4 is 10.0 Å². The number of carbonyl (C=O) groups excluding carboxylic acids is 1. The van der Waals surface area contributed by atoms with Crippen molar-refractivity contribution in [3.8, 4) is 0 Å². The Bertz CT molecular complexity index is 1030. The van der Waals surface area contributed by atoms with Gasteiger partial charge in [0.25, 0.3) is 10.0 Å². The molecule has 0 atom stereocenters. The Morgan fingerprint density at radius 1 is 1.23 bits per heavy atom. The van der Waals surface area contributed by atoms with Crippen molar-refractivity contribution in [2.45, 2.75) is 69.4 Å². The van der Waals surface area contributed by atoms with E-state index in [1.807, 2.05) is 4.72 Å². The monoisotopic (exact) mass is 434 g/mol. The second-order valence-electron chi connectivity index (χ2n) is 8.40. The van der Waals surface area contributed by atoms with Gasteiger partial charge in [0, 0.05) is 18.8 Å². The highest BCUT2D eigenvalue weighted by Crippen LogP contribution is 2.36. The van der Waals surface area contributed by atoms with E-state index >= 15 is 0 Å². The van der Waals surface area contributed by atoms with Crippen LogP contribution in [0, 0.1) is 0 Å². The second-order valence-corrected chi connectivity index (χ2v) is 10.0. The van der Waals surface area contributed by atoms with Crippen molar-refractivity contribution in [2.75, 3.05) is 0 Å². The number of amides is 2. The highest BCUT2D eigenvalue weighted by molar-refractivity contribution is 7.90. The maximum Gasteiger partial charge on any atom is 0.333 e. The minimum atomic E-state index is -4.21. The topological polar surface area (TPSA) is 113 Å². The van der Waals surface area contributed by atoms with E-state index in [-0.39, 0.29) is 5.03 Å². The maximum atomic E-state index is 12.7. The minimum Gasteiger partial charge on any atom is -0.384 e. The zero-order chi connectivity index (χ0) is 22.1. The average molecular weight is 435 g/mol. The first-order chi connectivity index (χ1) is 14.0. The second kappa shape index (κ2) is 8.39. The summed E-state index contributed by atoms with van der Waals surface area (Å²) < 4.78 is 28.7. The molecule has 1 heterocycles. The zero-order valence-electron chi connectivity index (χ0n) is 17.8. The number of allylic oxidation sites excluding steroid dienone is 4. The number of urea groups is 1. The minimum absolute atomic E-state index is 0.318. The number of hydrogen-bond donors (Lipinski definition) is 3. The van der Waals surface area contributed by atoms with Gasteiger partial charge in [0.15, 0.2) is 5.03 Å². The van der Waals surface area contributed by atoms with Crippen LogP contribution in [0.3, 0.4) is 0 Å². The van der Waals surface area contributed by atoms with E-state index in [0.717, 1.165) is 56.1 Å². The van der Waals surface area contributed by atoms with Crippen molar-refractivity contribution < 1.29 is 18.3 Å². The van der Waals surface area contributed by atoms with Gasteiger partial charge in [-0.05, 0) is 75.5 Å². The van der Waals surface area contributed by atoms with Crippen LogP contribution in [0.25, 0.3) is 0 Å². The largest absolute Gasteiger partial charge is 0.384 e. The molecule has 1 aromatic heterocycles. The number of nitrogens with zero attached hydrogens (tertiary/aromatic N) is 2. The molecule has 1 aromatic rings. The smallest absolute Gasteiger partial charge is 0.333 e. The molecular weight excluding hydrogens is 404 g/mol. The van der Waals surface area contributed by atoms with Crippen molar-refractivity contribution >= 4 is 16.1 Å². The molecule has 9 heteroatoms. The fourth-order valence-electron chi connectivity index (χ4n) is 4.00. The molecule has 3 N–H and O–H groups in total. The Balaban J connectivity index is 1.83. The standard InChI is InChI=1S/C21H30N4O4S/c1-14-9-6-5-7-10-15-11-8-12-16(15)19(14)22-20(26)24-30(28,29)18-13-17(21(2,3)27)25(4)23-18/h10,13,27H,1,5-9,11-12H2,2-4H3,(H2,22,24,26)/b15-10-,19-16+. The number of rotatable bonds is 4. The molecule has 0 unspecified atom stereocenters. The lowest BCUT2D eigenvalue weighted by atomic mass is 10.0. The van der Waals surface area contributed by atoms with Gasteiger partial charge >= 0.3 is 6.03 Å². The van der Waals surface area contributed by atoms with Crippen LogP contribution in [0.4, 0.5) is 4.79 Å². The summed E-state index contributed by atoms with van der Waals surface area (Å²) in [6.07, 6.45) is 8.81. The molecule has 0 spiro atoms. The molecule has 0 saturated heterocycles. The quantitative estimate of drug-likeness (QED) is 0.674. The van der Waals surface area contributed by atoms with E-state index < -0.39 is 21.7 Å². The Morgan fingerprint density at radius 3 is 2.63 bits per heavy atom. The van der Waals surface area contributed by atoms with Crippen molar-refractivity contribution in [1.82, 2.24) is 19.8 Å². The lowest BCUT2D eigenvalue weighted by Crippen LogP contribution is -2.39. The molecule has 30 heavy (non-hydrogen) atoms. The first-order valence-electron chi connectivity index (χ1n) is 10.2. The molecule has 0 radical (unpaired) electrons. The van der Waals surface area contributed by atoms with Gasteiger partial charge in [-0.2, -0.15) is 13.5 Å². The molecule has 1 saturated carbocycles. The molecule has 2 aliphatic carbocycles. The normalized spacial score (nSPS) is 22.4. The SMILES string of the molecule is C=C1CCCC/C=C2/CCC/C2=C/1NC(=O)NS(=O)(=O)c1cc(C(C)(C)O)n(C)n1. The number of carbonyl (C=O) groups is 1. The van der Waals surface area contributed by atoms with Crippen LogP contribution in [0.5, 0.6) is 0 Å². The average Bonchev–Trinajstić information content (AvgIpc) is 3.25. The van der Waals surface area contributed by atoms with Crippen LogP contribution in [0.1, 0.15) is 64.5 Å². The Morgan fingerprint density at radius 2 is 1.97 bits per heavy atom. The van der Waals surface area contributed by atoms with E-state index in [0.29, 0.717) is 11.4 Å². The van der Waals surface area contributed by atoms with Crippen LogP contribution in [0.15, 0.2) is 46.2 Å². The molecule has 0 aliphatic heterocycles. The van der Waals surface area contributed by atoms with Gasteiger partial charge in [-0.1, -0.05) is 12.7 Å². The first-order valence-corrected chi connectivity index (χ1v) is 11.7. The molecule has 0 bridgehead atoms. The molecule has 2 aliphatic rings. The summed E-state index contributed by atoms with van der Waals surface area (Å²) in [5, 5.41) is 16.5. The lowest BCUT2D eigenvalue weighted by molar-refractivity contribution is 0.0695. The Labute approximate surface area is 177 Å².